The smallest absolute Gasteiger partial charge is 0.759 e. The minimum atomic E-state index is -5.17. The summed E-state index contributed by atoms with van der Waals surface area (Å²) in [4.78, 5) is 0. The van der Waals surface area contributed by atoms with Gasteiger partial charge in [-0.3, -0.25) is 13.0 Å². The fourth-order valence-corrected chi connectivity index (χ4v) is 0. The number of rotatable bonds is 0. The molecule has 0 unspecified atom stereocenters. The van der Waals surface area contributed by atoms with Gasteiger partial charge in [0.1, 0.15) is 0 Å². The first kappa shape index (κ1) is 22.8. The van der Waals surface area contributed by atoms with Crippen molar-refractivity contribution in [2.75, 3.05) is 0 Å². The van der Waals surface area contributed by atoms with E-state index in [1.165, 1.54) is 0 Å². The summed E-state index contributed by atoms with van der Waals surface area (Å²) in [5, 5.41) is 0. The van der Waals surface area contributed by atoms with Crippen molar-refractivity contribution in [2.24, 2.45) is 0 Å². The van der Waals surface area contributed by atoms with E-state index in [4.69, 9.17) is 35.0 Å². The first-order valence-electron chi connectivity index (χ1n) is 1.35. The molecule has 0 amide bonds. The Morgan fingerprint density at radius 1 is 0.917 bits per heavy atom. The molecule has 0 radical (unpaired) electrons. The molecule has 0 saturated heterocycles. The largest absolute Gasteiger partial charge is 2.00 e. The Morgan fingerprint density at radius 3 is 0.917 bits per heavy atom. The van der Waals surface area contributed by atoms with E-state index in [1.54, 1.807) is 0 Å². The van der Waals surface area contributed by atoms with E-state index in [1.807, 2.05) is 0 Å². The van der Waals surface area contributed by atoms with Crippen LogP contribution in [0.1, 0.15) is 0 Å². The van der Waals surface area contributed by atoms with Gasteiger partial charge in [0.15, 0.2) is 0 Å². The van der Waals surface area contributed by atoms with Crippen LogP contribution in [0.2, 0.25) is 0 Å². The standard InChI is InChI=1S/Fe.H3N.2H2O4S/c;;2*1-5(2,3)4/h;1H3;2*(H2,1,2,3,4)/q+2;;;/p-2. The van der Waals surface area contributed by atoms with Crippen molar-refractivity contribution >= 4 is 20.8 Å². The van der Waals surface area contributed by atoms with Crippen LogP contribution >= 0.6 is 0 Å². The fraction of sp³-hybridized carbons (Fsp3) is 0. The van der Waals surface area contributed by atoms with Crippen molar-refractivity contribution in [2.45, 2.75) is 0 Å². The van der Waals surface area contributed by atoms with Gasteiger partial charge in [-0.25, -0.2) is 8.42 Å². The summed E-state index contributed by atoms with van der Waals surface area (Å²) in [6.45, 7) is 0. The van der Waals surface area contributed by atoms with Crippen LogP contribution in [0.5, 0.6) is 0 Å². The molecule has 0 aliphatic carbocycles. The van der Waals surface area contributed by atoms with Crippen LogP contribution in [0.15, 0.2) is 0 Å². The average molecular weight is 267 g/mol. The molecule has 12 heteroatoms. The molecule has 0 aliphatic heterocycles. The summed E-state index contributed by atoms with van der Waals surface area (Å²) in [5.74, 6) is 0. The van der Waals surface area contributed by atoms with E-state index in [0.717, 1.165) is 0 Å². The third kappa shape index (κ3) is 18000. The zero-order valence-corrected chi connectivity index (χ0v) is 8.21. The number of hydrogen-bond donors (Lipinski definition) is 2. The third-order valence-corrected chi connectivity index (χ3v) is 0. The average Bonchev–Trinajstić information content (AvgIpc) is 1.12. The molecule has 0 fully saturated rings. The first-order valence-corrected chi connectivity index (χ1v) is 4.05. The van der Waals surface area contributed by atoms with E-state index >= 15 is 0 Å². The van der Waals surface area contributed by atoms with Gasteiger partial charge in [-0.2, -0.15) is 0 Å². The molecular weight excluding hydrogens is 262 g/mol. The van der Waals surface area contributed by atoms with E-state index in [-0.39, 0.29) is 23.2 Å². The Hall–Kier alpha value is 0.219. The molecule has 0 aromatic heterocycles. The maximum atomic E-state index is 8.63. The predicted octanol–water partition coefficient (Wildman–Crippen LogP) is -1.96. The summed E-state index contributed by atoms with van der Waals surface area (Å²) < 4.78 is 66.9. The third-order valence-electron chi connectivity index (χ3n) is 0. The summed E-state index contributed by atoms with van der Waals surface area (Å²) in [6, 6.07) is 0. The maximum Gasteiger partial charge on any atom is 2.00 e. The van der Waals surface area contributed by atoms with Crippen LogP contribution in [0.4, 0.5) is 0 Å². The summed E-state index contributed by atoms with van der Waals surface area (Å²) >= 11 is 0. The Morgan fingerprint density at radius 2 is 0.917 bits per heavy atom. The van der Waals surface area contributed by atoms with E-state index < -0.39 is 20.8 Å². The quantitative estimate of drug-likeness (QED) is 0.286. The van der Waals surface area contributed by atoms with Gasteiger partial charge >= 0.3 is 17.1 Å². The van der Waals surface area contributed by atoms with E-state index in [0.29, 0.717) is 0 Å². The molecule has 0 aliphatic rings. The maximum absolute atomic E-state index is 8.63. The van der Waals surface area contributed by atoms with Gasteiger partial charge in [0, 0.05) is 10.4 Å². The van der Waals surface area contributed by atoms with Crippen LogP contribution in [0, 0.1) is 0 Å². The number of hydrogen-bond acceptors (Lipinski definition) is 7. The van der Waals surface area contributed by atoms with Crippen LogP contribution < -0.4 is 6.15 Å². The Bertz CT molecular complexity index is 213. The minimum Gasteiger partial charge on any atom is -0.759 e. The molecule has 12 heavy (non-hydrogen) atoms. The van der Waals surface area contributed by atoms with E-state index in [9.17, 15) is 0 Å². The normalized spacial score (nSPS) is 9.67. The molecule has 0 heterocycles. The van der Waals surface area contributed by atoms with Gasteiger partial charge in [-0.15, -0.1) is 0 Å². The Balaban J connectivity index is -0.0000000457. The van der Waals surface area contributed by atoms with Crippen molar-refractivity contribution in [3.63, 3.8) is 0 Å². The molecule has 78 valence electrons. The van der Waals surface area contributed by atoms with Crippen molar-refractivity contribution in [1.29, 1.82) is 0 Å². The fourth-order valence-electron chi connectivity index (χ4n) is 0. The molecule has 0 rings (SSSR count). The second kappa shape index (κ2) is 7.85. The van der Waals surface area contributed by atoms with Crippen molar-refractivity contribution in [3.05, 3.63) is 0 Å². The van der Waals surface area contributed by atoms with E-state index in [2.05, 4.69) is 0 Å². The molecule has 0 atom stereocenters. The van der Waals surface area contributed by atoms with Gasteiger partial charge in [0.2, 0.25) is 10.4 Å². The SMILES string of the molecule is O=S(=O)([O-])O.O=S(=O)([O-])[O-].[Fe+2].[NH4+]. The Kier molecular flexibility index (Phi) is 14.9. The van der Waals surface area contributed by atoms with Crippen molar-refractivity contribution in [1.82, 2.24) is 6.15 Å². The monoisotopic (exact) mass is 267 g/mol. The minimum absolute atomic E-state index is 0. The van der Waals surface area contributed by atoms with Crippen LogP contribution in [0.3, 0.4) is 0 Å². The number of quaternary nitrogens is 1. The molecule has 9 nitrogen and oxygen atoms in total. The molecule has 0 spiro atoms. The van der Waals surface area contributed by atoms with Gasteiger partial charge in [-0.05, 0) is 0 Å². The van der Waals surface area contributed by atoms with Crippen LogP contribution in [-0.4, -0.2) is 35.0 Å². The Labute approximate surface area is 79.4 Å². The molecule has 0 saturated carbocycles. The first-order chi connectivity index (χ1) is 4.00. The van der Waals surface area contributed by atoms with Crippen molar-refractivity contribution < 1.29 is 52.1 Å². The zero-order chi connectivity index (χ0) is 9.00. The van der Waals surface area contributed by atoms with Crippen LogP contribution in [-0.2, 0) is 37.9 Å². The molecule has 0 aromatic rings. The van der Waals surface area contributed by atoms with Gasteiger partial charge < -0.3 is 19.8 Å². The molecular formula is H5FeNO8S2. The molecule has 5 N–H and O–H groups in total. The predicted molar refractivity (Wildman–Crippen MR) is 28.8 cm³/mol. The summed E-state index contributed by atoms with van der Waals surface area (Å²) in [7, 11) is -10.1. The van der Waals surface area contributed by atoms with Crippen molar-refractivity contribution in [3.8, 4) is 0 Å². The molecule has 0 aromatic carbocycles. The van der Waals surface area contributed by atoms with Gasteiger partial charge in [-0.1, -0.05) is 0 Å². The second-order valence-electron chi connectivity index (χ2n) is 0.836. The summed E-state index contributed by atoms with van der Waals surface area (Å²) in [6.07, 6.45) is 0. The zero-order valence-electron chi connectivity index (χ0n) is 5.48. The van der Waals surface area contributed by atoms with Crippen LogP contribution in [0.25, 0.3) is 0 Å². The van der Waals surface area contributed by atoms with Gasteiger partial charge in [0.25, 0.3) is 0 Å². The molecule has 0 bridgehead atoms. The topological polar surface area (TPSA) is 194 Å². The van der Waals surface area contributed by atoms with Gasteiger partial charge in [0.05, 0.1) is 0 Å². The summed E-state index contributed by atoms with van der Waals surface area (Å²) in [5.41, 5.74) is 0. The second-order valence-corrected chi connectivity index (χ2v) is 2.51.